The molecule has 2 aliphatic heterocycles. The molecule has 0 radical (unpaired) electrons. The molecule has 1 aromatic rings. The summed E-state index contributed by atoms with van der Waals surface area (Å²) in [5, 5.41) is 19.7. The number of thioether (sulfide) groups is 1. The van der Waals surface area contributed by atoms with E-state index < -0.39 is 0 Å². The van der Waals surface area contributed by atoms with E-state index in [1.54, 1.807) is 12.1 Å². The van der Waals surface area contributed by atoms with Crippen LogP contribution in [0.3, 0.4) is 0 Å². The van der Waals surface area contributed by atoms with Crippen LogP contribution in [0.15, 0.2) is 28.1 Å². The van der Waals surface area contributed by atoms with E-state index in [9.17, 15) is 15.0 Å². The summed E-state index contributed by atoms with van der Waals surface area (Å²) in [6.07, 6.45) is 3.87. The number of phenolic OH excluding ortho intramolecular Hbond substituents is 2. The Bertz CT molecular complexity index is 652. The summed E-state index contributed by atoms with van der Waals surface area (Å²) in [6, 6.07) is 4.29. The summed E-state index contributed by atoms with van der Waals surface area (Å²) in [5.74, 6) is -0.339. The molecule has 2 heterocycles. The molecule has 2 aliphatic rings. The summed E-state index contributed by atoms with van der Waals surface area (Å²) in [5.41, 5.74) is 0.497. The first-order valence-corrected chi connectivity index (χ1v) is 7.24. The second-order valence-corrected chi connectivity index (χ2v) is 5.76. The smallest absolute Gasteiger partial charge is 0.286 e. The van der Waals surface area contributed by atoms with E-state index in [-0.39, 0.29) is 583 Å². The number of amides is 1. The predicted octanol–water partition coefficient (Wildman–Crippen LogP) is 2.16. The van der Waals surface area contributed by atoms with Crippen molar-refractivity contribution in [2.45, 2.75) is 12.8 Å². The molecule has 1 amide bonds. The van der Waals surface area contributed by atoms with Crippen LogP contribution in [0, 0.1) is 565 Å². The fraction of sp³-hybridized carbons (Fsp3) is 0.286. The number of hydrogen-bond acceptors (Lipinski definition) is 5. The molecule has 2 N–H and O–H groups in total. The number of nitrogens with zero attached hydrogens (tertiary/aromatic N) is 2. The molecule has 20 heteroatoms. The minimum atomic E-state index is -0.274. The molecule has 188 valence electrons. The number of carbonyl (C=O) groups is 1. The standard InChI is InChI=1S/C14H14N2O3S.14Sm/c17-10-4-3-9(11(18)8-10)7-12-13(19)15-14(20-12)16-5-1-2-6-16;;;;;;;;;;;;;;/h3-4,7-8,17-18H,1-2,5-6H2;;;;;;;;;;;;;;/b12-7+;;;;;;;;;;;;;;. The molecule has 1 saturated heterocycles. The minimum absolute atomic E-state index is 0. The normalized spacial score (nSPS) is 12.2. The van der Waals surface area contributed by atoms with E-state index in [4.69, 9.17) is 0 Å². The van der Waals surface area contributed by atoms with Crippen LogP contribution in [0.2, 0.25) is 0 Å². The third-order valence-corrected chi connectivity index (χ3v) is 4.33. The van der Waals surface area contributed by atoms with Gasteiger partial charge in [0.25, 0.3) is 5.91 Å². The van der Waals surface area contributed by atoms with Crippen LogP contribution >= 0.6 is 11.8 Å². The van der Waals surface area contributed by atoms with Gasteiger partial charge in [-0.1, -0.05) is 0 Å². The van der Waals surface area contributed by atoms with Gasteiger partial charge in [0.05, 0.1) is 4.91 Å². The monoisotopic (exact) mass is 2420 g/mol. The molecule has 0 atom stereocenters. The average molecular weight is 2400 g/mol. The van der Waals surface area contributed by atoms with Crippen molar-refractivity contribution in [1.82, 2.24) is 4.90 Å². The minimum Gasteiger partial charge on any atom is -0.508 e. The van der Waals surface area contributed by atoms with E-state index in [0.717, 1.165) is 31.1 Å². The molecule has 5 nitrogen and oxygen atoms in total. The van der Waals surface area contributed by atoms with Crippen molar-refractivity contribution in [3.05, 3.63) is 28.7 Å². The van der Waals surface area contributed by atoms with Crippen LogP contribution in [-0.2, 0) is 4.79 Å². The van der Waals surface area contributed by atoms with E-state index in [1.165, 1.54) is 23.9 Å². The van der Waals surface area contributed by atoms with E-state index in [1.807, 2.05) is 0 Å². The van der Waals surface area contributed by atoms with Crippen molar-refractivity contribution in [3.63, 3.8) is 0 Å². The number of benzene rings is 1. The third-order valence-electron chi connectivity index (χ3n) is 3.29. The molecular weight excluding hydrogens is 2380 g/mol. The molecule has 34 heavy (non-hydrogen) atoms. The molecular formula is C14H14N2O3SSm14. The zero-order chi connectivity index (χ0) is 14.1. The van der Waals surface area contributed by atoms with Crippen LogP contribution in [-0.4, -0.2) is 39.3 Å². The Labute approximate surface area is 661 Å². The number of hydrogen-bond donors (Lipinski definition) is 2. The Morgan fingerprint density at radius 2 is 1.21 bits per heavy atom. The van der Waals surface area contributed by atoms with Gasteiger partial charge in [-0.2, -0.15) is 4.99 Å². The molecule has 0 spiro atoms. The van der Waals surface area contributed by atoms with Gasteiger partial charge in [-0.3, -0.25) is 4.79 Å². The number of phenols is 2. The van der Waals surface area contributed by atoms with Crippen molar-refractivity contribution in [2.75, 3.05) is 13.1 Å². The maximum atomic E-state index is 11.9. The van der Waals surface area contributed by atoms with Gasteiger partial charge in [-0.05, 0) is 42.8 Å². The van der Waals surface area contributed by atoms with Crippen molar-refractivity contribution in [1.29, 1.82) is 0 Å². The van der Waals surface area contributed by atoms with Crippen LogP contribution in [0.1, 0.15) is 18.4 Å². The molecule has 0 unspecified atom stereocenters. The maximum absolute atomic E-state index is 11.9. The van der Waals surface area contributed by atoms with Gasteiger partial charge in [0.15, 0.2) is 5.17 Å². The van der Waals surface area contributed by atoms with Gasteiger partial charge in [0.1, 0.15) is 11.5 Å². The molecule has 0 bridgehead atoms. The number of rotatable bonds is 1. The van der Waals surface area contributed by atoms with E-state index in [2.05, 4.69) is 9.89 Å². The first-order valence-electron chi connectivity index (χ1n) is 6.43. The molecule has 1 aromatic carbocycles. The van der Waals surface area contributed by atoms with Crippen molar-refractivity contribution in [3.8, 4) is 11.5 Å². The first-order chi connectivity index (χ1) is 9.63. The second-order valence-electron chi connectivity index (χ2n) is 4.75. The van der Waals surface area contributed by atoms with Crippen molar-refractivity contribution >= 4 is 28.9 Å². The number of amidine groups is 1. The summed E-state index contributed by atoms with van der Waals surface area (Å²) in [6.45, 7) is 1.88. The van der Waals surface area contributed by atoms with Crippen LogP contribution < -0.4 is 0 Å². The van der Waals surface area contributed by atoms with Crippen LogP contribution in [0.4, 0.5) is 0 Å². The fourth-order valence-corrected chi connectivity index (χ4v) is 3.19. The number of aromatic hydroxyl groups is 2. The molecule has 3 rings (SSSR count). The van der Waals surface area contributed by atoms with Crippen molar-refractivity contribution in [2.24, 2.45) is 4.99 Å². The molecule has 0 aliphatic carbocycles. The summed E-state index contributed by atoms with van der Waals surface area (Å²) in [7, 11) is 0. The zero-order valence-corrected chi connectivity index (χ0v) is 53.9. The number of carbonyl (C=O) groups excluding carboxylic acids is 1. The summed E-state index contributed by atoms with van der Waals surface area (Å²) >= 11 is 1.34. The van der Waals surface area contributed by atoms with E-state index in [0.29, 0.717) is 10.5 Å². The Morgan fingerprint density at radius 3 is 1.62 bits per heavy atom. The Morgan fingerprint density at radius 1 is 0.765 bits per heavy atom. The fourth-order valence-electron chi connectivity index (χ4n) is 2.24. The predicted molar refractivity (Wildman–Crippen MR) is 78.6 cm³/mol. The molecule has 1 fully saturated rings. The summed E-state index contributed by atoms with van der Waals surface area (Å²) < 4.78 is 0. The van der Waals surface area contributed by atoms with Gasteiger partial charge in [-0.25, -0.2) is 0 Å². The first kappa shape index (κ1) is 83.7. The van der Waals surface area contributed by atoms with Gasteiger partial charge in [0.2, 0.25) is 0 Å². The van der Waals surface area contributed by atoms with Crippen LogP contribution in [0.25, 0.3) is 6.08 Å². The Kier molecular flexibility index (Phi) is 128. The largest absolute Gasteiger partial charge is 0.508 e. The maximum Gasteiger partial charge on any atom is 0.286 e. The number of likely N-dealkylation sites (tertiary alicyclic amines) is 1. The Hall–Kier alpha value is 16.8. The number of aliphatic imine (C=N–C) groups is 1. The van der Waals surface area contributed by atoms with Crippen molar-refractivity contribution < 1.29 is 580 Å². The molecule has 0 aromatic heterocycles. The third kappa shape index (κ3) is 34.5. The SMILES string of the molecule is O=C1N=C(N2CCCC2)S/C1=C/c1ccc(O)cc1O.[Sm].[Sm].[Sm].[Sm].[Sm].[Sm].[Sm].[Sm].[Sm].[Sm].[Sm].[Sm].[Sm].[Sm]. The topological polar surface area (TPSA) is 73.1 Å². The van der Waals surface area contributed by atoms with Gasteiger partial charge in [0, 0.05) is 590 Å². The Balaban J connectivity index is -0.0000000346. The second kappa shape index (κ2) is 51.9. The van der Waals surface area contributed by atoms with E-state index >= 15 is 0 Å². The quantitative estimate of drug-likeness (QED) is 0.423. The van der Waals surface area contributed by atoms with Crippen LogP contribution in [0.5, 0.6) is 11.5 Å². The van der Waals surface area contributed by atoms with Gasteiger partial charge >= 0.3 is 0 Å². The molecule has 0 saturated carbocycles. The van der Waals surface area contributed by atoms with Gasteiger partial charge in [-0.15, -0.1) is 0 Å². The average Bonchev–Trinajstić information content (AvgIpc) is 3.03. The zero-order valence-electron chi connectivity index (χ0n) is 16.5. The van der Waals surface area contributed by atoms with Gasteiger partial charge < -0.3 is 15.1 Å². The summed E-state index contributed by atoms with van der Waals surface area (Å²) in [4.78, 5) is 18.6.